The van der Waals surface area contributed by atoms with Crippen molar-refractivity contribution in [2.45, 2.75) is 6.54 Å². The summed E-state index contributed by atoms with van der Waals surface area (Å²) in [6.45, 7) is 1.81. The molecule has 0 amide bonds. The fourth-order valence-electron chi connectivity index (χ4n) is 2.22. The Kier molecular flexibility index (Phi) is 6.60. The molecule has 0 aliphatic rings. The van der Waals surface area contributed by atoms with Gasteiger partial charge in [0.25, 0.3) is 0 Å². The largest absolute Gasteiger partial charge is 0.491 e. The minimum Gasteiger partial charge on any atom is -0.491 e. The van der Waals surface area contributed by atoms with Gasteiger partial charge in [0.05, 0.1) is 11.6 Å². The van der Waals surface area contributed by atoms with Crippen molar-refractivity contribution in [3.8, 4) is 5.75 Å². The molecule has 0 unspecified atom stereocenters. The summed E-state index contributed by atoms with van der Waals surface area (Å²) in [5, 5.41) is 6.37. The first-order chi connectivity index (χ1) is 10.7. The first-order valence-electron chi connectivity index (χ1n) is 6.99. The third-order valence-corrected chi connectivity index (χ3v) is 3.89. The molecule has 2 aromatic carbocycles. The number of hydrogen-bond acceptors (Lipinski definition) is 3. The molecule has 0 saturated heterocycles. The summed E-state index contributed by atoms with van der Waals surface area (Å²) in [4.78, 5) is 0. The highest BCUT2D eigenvalue weighted by Gasteiger charge is 2.06. The van der Waals surface area contributed by atoms with E-state index in [9.17, 15) is 0 Å². The third kappa shape index (κ3) is 4.55. The Morgan fingerprint density at radius 3 is 2.61 bits per heavy atom. The first-order valence-corrected chi connectivity index (χ1v) is 7.74. The van der Waals surface area contributed by atoms with Gasteiger partial charge in [0.15, 0.2) is 5.22 Å². The molecule has 1 aromatic heterocycles. The van der Waals surface area contributed by atoms with Crippen molar-refractivity contribution in [3.05, 3.63) is 64.5 Å². The lowest BCUT2D eigenvalue weighted by atomic mass is 10.1. The Bertz CT molecular complexity index is 773. The average Bonchev–Trinajstić information content (AvgIpc) is 2.95. The molecule has 0 spiro atoms. The van der Waals surface area contributed by atoms with Gasteiger partial charge < -0.3 is 14.5 Å². The maximum atomic E-state index is 6.38. The van der Waals surface area contributed by atoms with E-state index in [0.29, 0.717) is 35.7 Å². The van der Waals surface area contributed by atoms with Gasteiger partial charge in [-0.3, -0.25) is 0 Å². The van der Waals surface area contributed by atoms with Gasteiger partial charge in [-0.1, -0.05) is 41.9 Å². The number of halogens is 3. The van der Waals surface area contributed by atoms with Crippen LogP contribution in [0.3, 0.4) is 0 Å². The number of rotatable bonds is 6. The lowest BCUT2D eigenvalue weighted by Gasteiger charge is -2.10. The summed E-state index contributed by atoms with van der Waals surface area (Å²) < 4.78 is 11.0. The van der Waals surface area contributed by atoms with E-state index in [1.165, 1.54) is 0 Å². The van der Waals surface area contributed by atoms with E-state index in [4.69, 9.17) is 32.4 Å². The van der Waals surface area contributed by atoms with Crippen LogP contribution in [-0.4, -0.2) is 13.2 Å². The minimum absolute atomic E-state index is 0. The number of fused-ring (bicyclic) bond motifs is 1. The summed E-state index contributed by atoms with van der Waals surface area (Å²) in [6, 6.07) is 15.5. The second kappa shape index (κ2) is 8.46. The molecule has 3 rings (SSSR count). The van der Waals surface area contributed by atoms with E-state index in [2.05, 4.69) is 5.32 Å². The highest BCUT2D eigenvalue weighted by atomic mass is 35.5. The lowest BCUT2D eigenvalue weighted by Crippen LogP contribution is -2.20. The molecule has 0 bridgehead atoms. The number of ether oxygens (including phenoxy) is 1. The van der Waals surface area contributed by atoms with Crippen LogP contribution in [0.1, 0.15) is 5.76 Å². The Labute approximate surface area is 150 Å². The highest BCUT2D eigenvalue weighted by Crippen LogP contribution is 2.32. The van der Waals surface area contributed by atoms with E-state index >= 15 is 0 Å². The molecule has 1 heterocycles. The molecule has 3 nitrogen and oxygen atoms in total. The van der Waals surface area contributed by atoms with Crippen molar-refractivity contribution < 1.29 is 9.15 Å². The Morgan fingerprint density at radius 2 is 1.83 bits per heavy atom. The number of hydrogen-bond donors (Lipinski definition) is 1. The van der Waals surface area contributed by atoms with E-state index in [0.717, 1.165) is 16.5 Å². The zero-order chi connectivity index (χ0) is 15.4. The summed E-state index contributed by atoms with van der Waals surface area (Å²) in [5.41, 5.74) is 0. The number of nitrogens with one attached hydrogen (secondary N) is 1. The predicted octanol–water partition coefficient (Wildman–Crippen LogP) is 5.33. The van der Waals surface area contributed by atoms with E-state index in [-0.39, 0.29) is 12.4 Å². The fraction of sp³-hybridized carbons (Fsp3) is 0.176. The van der Waals surface area contributed by atoms with Crippen LogP contribution in [0.2, 0.25) is 10.2 Å². The van der Waals surface area contributed by atoms with Gasteiger partial charge in [-0.05, 0) is 35.2 Å². The van der Waals surface area contributed by atoms with Gasteiger partial charge in [0.2, 0.25) is 0 Å². The molecule has 3 aromatic rings. The van der Waals surface area contributed by atoms with Gasteiger partial charge in [-0.15, -0.1) is 12.4 Å². The molecule has 6 heteroatoms. The van der Waals surface area contributed by atoms with Crippen molar-refractivity contribution >= 4 is 46.4 Å². The maximum Gasteiger partial charge on any atom is 0.193 e. The molecule has 0 aliphatic heterocycles. The van der Waals surface area contributed by atoms with Gasteiger partial charge in [-0.2, -0.15) is 0 Å². The number of furan rings is 1. The van der Waals surface area contributed by atoms with Crippen LogP contribution in [-0.2, 0) is 6.54 Å². The van der Waals surface area contributed by atoms with Gasteiger partial charge in [0, 0.05) is 11.9 Å². The van der Waals surface area contributed by atoms with Crippen LogP contribution in [0, 0.1) is 0 Å². The summed E-state index contributed by atoms with van der Waals surface area (Å²) >= 11 is 12.1. The maximum absolute atomic E-state index is 6.38. The van der Waals surface area contributed by atoms with Gasteiger partial charge >= 0.3 is 0 Å². The fourth-order valence-corrected chi connectivity index (χ4v) is 2.67. The van der Waals surface area contributed by atoms with E-state index in [1.807, 2.05) is 42.5 Å². The molecule has 0 saturated carbocycles. The summed E-state index contributed by atoms with van der Waals surface area (Å²) in [5.74, 6) is 1.50. The molecule has 122 valence electrons. The number of benzene rings is 2. The second-order valence-corrected chi connectivity index (χ2v) is 5.58. The first kappa shape index (κ1) is 18.0. The van der Waals surface area contributed by atoms with E-state index in [1.54, 1.807) is 6.07 Å². The molecule has 0 aliphatic carbocycles. The third-order valence-electron chi connectivity index (χ3n) is 3.29. The standard InChI is InChI=1S/C17H15Cl2NO2.ClH/c18-16-8-6-13(22-16)11-20-9-10-21-15-7-5-12-3-1-2-4-14(12)17(15)19;/h1-8,20H,9-11H2;1H. The summed E-state index contributed by atoms with van der Waals surface area (Å²) in [7, 11) is 0. The van der Waals surface area contributed by atoms with Crippen LogP contribution in [0.4, 0.5) is 0 Å². The Hall–Kier alpha value is -1.39. The second-order valence-electron chi connectivity index (χ2n) is 4.83. The SMILES string of the molecule is Cl.Clc1ccc(CNCCOc2ccc3ccccc3c2Cl)o1. The predicted molar refractivity (Wildman–Crippen MR) is 97.1 cm³/mol. The van der Waals surface area contributed by atoms with Crippen molar-refractivity contribution in [3.63, 3.8) is 0 Å². The monoisotopic (exact) mass is 371 g/mol. The molecule has 1 N–H and O–H groups in total. The summed E-state index contributed by atoms with van der Waals surface area (Å²) in [6.07, 6.45) is 0. The lowest BCUT2D eigenvalue weighted by molar-refractivity contribution is 0.311. The molecular formula is C17H16Cl3NO2. The van der Waals surface area contributed by atoms with Crippen molar-refractivity contribution in [1.29, 1.82) is 0 Å². The molecule has 0 radical (unpaired) electrons. The molecular weight excluding hydrogens is 357 g/mol. The topological polar surface area (TPSA) is 34.4 Å². The minimum atomic E-state index is 0. The molecule has 0 fully saturated rings. The van der Waals surface area contributed by atoms with Crippen molar-refractivity contribution in [2.75, 3.05) is 13.2 Å². The average molecular weight is 373 g/mol. The Balaban J connectivity index is 0.00000192. The van der Waals surface area contributed by atoms with Gasteiger partial charge in [0.1, 0.15) is 18.1 Å². The van der Waals surface area contributed by atoms with Crippen LogP contribution >= 0.6 is 35.6 Å². The van der Waals surface area contributed by atoms with Crippen LogP contribution in [0.5, 0.6) is 5.75 Å². The molecule has 23 heavy (non-hydrogen) atoms. The van der Waals surface area contributed by atoms with Crippen molar-refractivity contribution in [2.24, 2.45) is 0 Å². The smallest absolute Gasteiger partial charge is 0.193 e. The Morgan fingerprint density at radius 1 is 1.00 bits per heavy atom. The van der Waals surface area contributed by atoms with Crippen molar-refractivity contribution in [1.82, 2.24) is 5.32 Å². The zero-order valence-electron chi connectivity index (χ0n) is 12.2. The highest BCUT2D eigenvalue weighted by molar-refractivity contribution is 6.37. The van der Waals surface area contributed by atoms with Crippen LogP contribution in [0.15, 0.2) is 52.9 Å². The quantitative estimate of drug-likeness (QED) is 0.594. The normalized spacial score (nSPS) is 10.5. The van der Waals surface area contributed by atoms with Crippen LogP contribution < -0.4 is 10.1 Å². The van der Waals surface area contributed by atoms with Crippen LogP contribution in [0.25, 0.3) is 10.8 Å². The van der Waals surface area contributed by atoms with E-state index < -0.39 is 0 Å². The molecule has 0 atom stereocenters. The zero-order valence-corrected chi connectivity index (χ0v) is 14.5. The van der Waals surface area contributed by atoms with Gasteiger partial charge in [-0.25, -0.2) is 0 Å².